The van der Waals surface area contributed by atoms with Crippen LogP contribution in [0, 0.1) is 0 Å². The van der Waals surface area contributed by atoms with Gasteiger partial charge >= 0.3 is 0 Å². The van der Waals surface area contributed by atoms with Crippen molar-refractivity contribution in [2.45, 2.75) is 0 Å². The van der Waals surface area contributed by atoms with Crippen LogP contribution in [0.25, 0.3) is 83.9 Å². The highest BCUT2D eigenvalue weighted by atomic mass is 15.1. The Balaban J connectivity index is 1.37. The lowest BCUT2D eigenvalue weighted by Gasteiger charge is -2.16. The summed E-state index contributed by atoms with van der Waals surface area (Å²) in [6.07, 6.45) is 0. The summed E-state index contributed by atoms with van der Waals surface area (Å²) >= 11 is 0. The van der Waals surface area contributed by atoms with Crippen LogP contribution in [0.3, 0.4) is 0 Å². The molecule has 0 spiro atoms. The molecule has 0 saturated carbocycles. The molecule has 0 bridgehead atoms. The van der Waals surface area contributed by atoms with E-state index >= 15 is 0 Å². The van der Waals surface area contributed by atoms with Crippen LogP contribution in [0.1, 0.15) is 8.22 Å². The van der Waals surface area contributed by atoms with Crippen LogP contribution < -0.4 is 0 Å². The van der Waals surface area contributed by atoms with Gasteiger partial charge in [0.1, 0.15) is 0 Å². The zero-order valence-corrected chi connectivity index (χ0v) is 26.1. The second-order valence-electron chi connectivity index (χ2n) is 11.6. The van der Waals surface area contributed by atoms with Crippen molar-refractivity contribution in [3.8, 4) is 62.1 Å². The van der Waals surface area contributed by atoms with E-state index in [4.69, 9.17) is 23.2 Å². The molecule has 9 aromatic rings. The van der Waals surface area contributed by atoms with Crippen molar-refractivity contribution < 1.29 is 8.22 Å². The summed E-state index contributed by atoms with van der Waals surface area (Å²) in [5.74, 6) is 1.25. The lowest BCUT2D eigenvalue weighted by molar-refractivity contribution is 1.06. The van der Waals surface area contributed by atoms with Crippen LogP contribution >= 0.6 is 0 Å². The van der Waals surface area contributed by atoms with Crippen LogP contribution in [0.5, 0.6) is 0 Å². The van der Waals surface area contributed by atoms with Gasteiger partial charge in [-0.15, -0.1) is 0 Å². The number of para-hydroxylation sites is 2. The van der Waals surface area contributed by atoms with E-state index in [-0.39, 0.29) is 58.1 Å². The van der Waals surface area contributed by atoms with Gasteiger partial charge in [0.25, 0.3) is 0 Å². The largest absolute Gasteiger partial charge is 0.309 e. The Kier molecular flexibility index (Phi) is 5.67. The summed E-state index contributed by atoms with van der Waals surface area (Å²) in [7, 11) is 0. The topological polar surface area (TPSA) is 43.6 Å². The smallest absolute Gasteiger partial charge is 0.166 e. The minimum absolute atomic E-state index is 0.0466. The van der Waals surface area contributed by atoms with E-state index in [1.54, 1.807) is 4.57 Å². The van der Waals surface area contributed by atoms with E-state index in [1.807, 2.05) is 97.1 Å². The van der Waals surface area contributed by atoms with Gasteiger partial charge in [0, 0.05) is 27.5 Å². The molecular formula is C45H30N4. The van der Waals surface area contributed by atoms with Crippen LogP contribution in [0.2, 0.25) is 0 Å². The highest BCUT2D eigenvalue weighted by molar-refractivity contribution is 6.09. The minimum Gasteiger partial charge on any atom is -0.309 e. The van der Waals surface area contributed by atoms with Crippen molar-refractivity contribution in [3.63, 3.8) is 0 Å². The summed E-state index contributed by atoms with van der Waals surface area (Å²) in [5.41, 5.74) is 7.15. The van der Waals surface area contributed by atoms with Gasteiger partial charge in [-0.1, -0.05) is 158 Å². The third-order valence-electron chi connectivity index (χ3n) is 8.63. The van der Waals surface area contributed by atoms with Gasteiger partial charge in [-0.3, -0.25) is 0 Å². The lowest BCUT2D eigenvalue weighted by atomic mass is 9.98. The molecule has 0 aliphatic carbocycles. The summed E-state index contributed by atoms with van der Waals surface area (Å²) in [4.78, 5) is 15.0. The quantitative estimate of drug-likeness (QED) is 0.183. The molecule has 0 aliphatic heterocycles. The second kappa shape index (κ2) is 12.2. The van der Waals surface area contributed by atoms with E-state index in [0.717, 1.165) is 33.4 Å². The van der Waals surface area contributed by atoms with E-state index in [1.165, 1.54) is 12.1 Å². The summed E-state index contributed by atoms with van der Waals surface area (Å²) in [6.45, 7) is 0. The maximum absolute atomic E-state index is 9.12. The Labute approximate surface area is 293 Å². The van der Waals surface area contributed by atoms with Crippen molar-refractivity contribution in [1.29, 1.82) is 0 Å². The third-order valence-corrected chi connectivity index (χ3v) is 8.63. The number of hydrogen-bond donors (Lipinski definition) is 0. The number of benzene rings is 7. The Morgan fingerprint density at radius 2 is 0.816 bits per heavy atom. The van der Waals surface area contributed by atoms with Crippen molar-refractivity contribution in [1.82, 2.24) is 19.5 Å². The van der Waals surface area contributed by atoms with Crippen molar-refractivity contribution in [2.75, 3.05) is 0 Å². The molecule has 230 valence electrons. The Morgan fingerprint density at radius 1 is 0.388 bits per heavy atom. The number of aromatic nitrogens is 4. The first-order chi connectivity index (χ1) is 26.8. The van der Waals surface area contributed by atoms with Crippen molar-refractivity contribution in [2.24, 2.45) is 0 Å². The van der Waals surface area contributed by atoms with Crippen LogP contribution in [0.4, 0.5) is 0 Å². The number of nitrogens with zero attached hydrogens (tertiary/aromatic N) is 4. The van der Waals surface area contributed by atoms with Crippen LogP contribution in [0.15, 0.2) is 182 Å². The molecule has 0 atom stereocenters. The first kappa shape index (κ1) is 22.8. The minimum atomic E-state index is -0.178. The van der Waals surface area contributed by atoms with Gasteiger partial charge in [0.05, 0.1) is 24.9 Å². The fourth-order valence-electron chi connectivity index (χ4n) is 6.26. The van der Waals surface area contributed by atoms with Gasteiger partial charge in [0.2, 0.25) is 0 Å². The number of hydrogen-bond acceptors (Lipinski definition) is 3. The maximum Gasteiger partial charge on any atom is 0.166 e. The van der Waals surface area contributed by atoms with Gasteiger partial charge in [-0.05, 0) is 46.5 Å². The molecule has 0 amide bonds. The first-order valence-electron chi connectivity index (χ1n) is 19.0. The molecule has 0 radical (unpaired) electrons. The van der Waals surface area contributed by atoms with Crippen molar-refractivity contribution in [3.05, 3.63) is 182 Å². The highest BCUT2D eigenvalue weighted by Crippen LogP contribution is 2.38. The maximum atomic E-state index is 9.12. The van der Waals surface area contributed by atoms with E-state index in [2.05, 4.69) is 36.4 Å². The number of fused-ring (bicyclic) bond motifs is 3. The molecule has 0 fully saturated rings. The Hall–Kier alpha value is -6.65. The van der Waals surface area contributed by atoms with E-state index < -0.39 is 0 Å². The van der Waals surface area contributed by atoms with Gasteiger partial charge in [0.15, 0.2) is 17.5 Å². The predicted octanol–water partition coefficient (Wildman–Crippen LogP) is 11.3. The molecule has 7 aromatic carbocycles. The first-order valence-corrected chi connectivity index (χ1v) is 16.0. The average molecular weight is 633 g/mol. The van der Waals surface area contributed by atoms with Crippen molar-refractivity contribution >= 4 is 21.8 Å². The zero-order valence-electron chi connectivity index (χ0n) is 32.1. The SMILES string of the molecule is [2H]c1cc([2H])c2c(c1[2H])c1c([2H])c([2H])cc([2H])c1n2-c1ccc(-c2ccc(-c3ccccc3)cc2)cc1-c1nc(-c2ccccc2)nc(-c2ccccc2)n1. The third kappa shape index (κ3) is 5.26. The van der Waals surface area contributed by atoms with Gasteiger partial charge in [-0.2, -0.15) is 0 Å². The zero-order chi connectivity index (χ0) is 37.8. The monoisotopic (exact) mass is 632 g/mol. The molecular weight excluding hydrogens is 597 g/mol. The normalized spacial score (nSPS) is 13.0. The second-order valence-corrected chi connectivity index (χ2v) is 11.6. The molecule has 4 heteroatoms. The van der Waals surface area contributed by atoms with Gasteiger partial charge in [-0.25, -0.2) is 15.0 Å². The average Bonchev–Trinajstić information content (AvgIpc) is 3.60. The molecule has 0 aliphatic rings. The fourth-order valence-corrected chi connectivity index (χ4v) is 6.26. The predicted molar refractivity (Wildman–Crippen MR) is 201 cm³/mol. The molecule has 0 saturated heterocycles. The summed E-state index contributed by atoms with van der Waals surface area (Å²) in [5, 5.41) is 0.356. The molecule has 9 rings (SSSR count). The highest BCUT2D eigenvalue weighted by Gasteiger charge is 2.20. The standard InChI is InChI=1S/C45H30N4/c1-4-14-31(15-5-1)32-24-26-33(27-25-32)36-28-29-42(49-40-22-12-10-20-37(40)38-21-11-13-23-41(38)49)39(30-36)45-47-43(34-16-6-2-7-17-34)46-44(48-45)35-18-8-3-9-19-35/h1-30H/i10D,11D,20D,21D,22D,23D. The Morgan fingerprint density at radius 3 is 1.35 bits per heavy atom. The fraction of sp³-hybridized carbons (Fsp3) is 0. The molecule has 0 unspecified atom stereocenters. The van der Waals surface area contributed by atoms with Crippen LogP contribution in [-0.2, 0) is 0 Å². The Bertz CT molecular complexity index is 2790. The van der Waals surface area contributed by atoms with E-state index in [0.29, 0.717) is 28.7 Å². The van der Waals surface area contributed by atoms with E-state index in [9.17, 15) is 0 Å². The molecule has 49 heavy (non-hydrogen) atoms. The molecule has 0 N–H and O–H groups in total. The molecule has 4 nitrogen and oxygen atoms in total. The molecule has 2 aromatic heterocycles. The number of rotatable bonds is 6. The summed E-state index contributed by atoms with van der Waals surface area (Å²) in [6, 6.07) is 45.4. The lowest BCUT2D eigenvalue weighted by Crippen LogP contribution is -2.04. The van der Waals surface area contributed by atoms with Gasteiger partial charge < -0.3 is 4.57 Å². The summed E-state index contributed by atoms with van der Waals surface area (Å²) < 4.78 is 54.8. The van der Waals surface area contributed by atoms with Crippen LogP contribution in [-0.4, -0.2) is 19.5 Å². The molecule has 2 heterocycles.